The second-order valence-electron chi connectivity index (χ2n) is 1.41. The summed E-state index contributed by atoms with van der Waals surface area (Å²) in [4.78, 5) is 10.1. The molecule has 5 heteroatoms. The van der Waals surface area contributed by atoms with Crippen molar-refractivity contribution in [1.29, 1.82) is 0 Å². The summed E-state index contributed by atoms with van der Waals surface area (Å²) in [5, 5.41) is 14.2. The molecular formula is C4H3BrN2O2. The first-order valence-corrected chi connectivity index (χ1v) is 2.93. The van der Waals surface area contributed by atoms with Crippen LogP contribution in [0.3, 0.4) is 0 Å². The van der Waals surface area contributed by atoms with Gasteiger partial charge in [-0.1, -0.05) is 0 Å². The lowest BCUT2D eigenvalue weighted by Crippen LogP contribution is -1.95. The Bertz CT molecular complexity index is 232. The highest BCUT2D eigenvalue weighted by Crippen LogP contribution is 2.05. The van der Waals surface area contributed by atoms with Crippen LogP contribution in [0.15, 0.2) is 10.7 Å². The smallest absolute Gasteiger partial charge is 0.356 e. The number of aromatic carboxylic acids is 1. The van der Waals surface area contributed by atoms with Gasteiger partial charge in [-0.15, -0.1) is 0 Å². The largest absolute Gasteiger partial charge is 0.476 e. The highest BCUT2D eigenvalue weighted by molar-refractivity contribution is 9.10. The summed E-state index contributed by atoms with van der Waals surface area (Å²) < 4.78 is 0.569. The van der Waals surface area contributed by atoms with Gasteiger partial charge in [0.2, 0.25) is 0 Å². The van der Waals surface area contributed by atoms with E-state index in [1.54, 1.807) is 0 Å². The van der Waals surface area contributed by atoms with Crippen LogP contribution in [-0.2, 0) is 0 Å². The molecule has 0 spiro atoms. The average molecular weight is 191 g/mol. The molecule has 0 amide bonds. The number of carboxylic acids is 1. The Kier molecular flexibility index (Phi) is 1.52. The van der Waals surface area contributed by atoms with Gasteiger partial charge in [-0.05, 0) is 15.9 Å². The Morgan fingerprint density at radius 1 is 1.89 bits per heavy atom. The fourth-order valence-electron chi connectivity index (χ4n) is 0.408. The van der Waals surface area contributed by atoms with Gasteiger partial charge >= 0.3 is 5.97 Å². The van der Waals surface area contributed by atoms with Crippen molar-refractivity contribution in [2.75, 3.05) is 0 Å². The summed E-state index contributed by atoms with van der Waals surface area (Å²) in [5.41, 5.74) is 0.0156. The molecule has 0 unspecified atom stereocenters. The minimum absolute atomic E-state index is 0.0156. The lowest BCUT2D eigenvalue weighted by Gasteiger charge is -1.77. The highest BCUT2D eigenvalue weighted by Gasteiger charge is 2.04. The van der Waals surface area contributed by atoms with E-state index in [1.807, 2.05) is 0 Å². The predicted octanol–water partition coefficient (Wildman–Crippen LogP) is 0.870. The zero-order valence-corrected chi connectivity index (χ0v) is 5.84. The van der Waals surface area contributed by atoms with Gasteiger partial charge in [0.05, 0.1) is 0 Å². The number of H-pyrrole nitrogens is 1. The molecule has 4 nitrogen and oxygen atoms in total. The topological polar surface area (TPSA) is 66.0 Å². The standard InChI is InChI=1S/C4H3BrN2O2/c5-3-1-2(4(8)9)6-7-3/h1H,(H,6,7)(H,8,9). The molecular weight excluding hydrogens is 188 g/mol. The van der Waals surface area contributed by atoms with Gasteiger partial charge in [0.1, 0.15) is 4.60 Å². The van der Waals surface area contributed by atoms with Gasteiger partial charge in [0.25, 0.3) is 0 Å². The number of carboxylic acid groups (broad SMARTS) is 1. The minimum Gasteiger partial charge on any atom is -0.476 e. The molecule has 1 aromatic rings. The van der Waals surface area contributed by atoms with E-state index in [0.717, 1.165) is 0 Å². The molecule has 0 aromatic carbocycles. The van der Waals surface area contributed by atoms with Crippen molar-refractivity contribution in [2.45, 2.75) is 0 Å². The number of carbonyl (C=O) groups is 1. The third-order valence-corrected chi connectivity index (χ3v) is 1.17. The monoisotopic (exact) mass is 190 g/mol. The molecule has 0 fully saturated rings. The van der Waals surface area contributed by atoms with E-state index >= 15 is 0 Å². The SMILES string of the molecule is O=C(O)c1cc(Br)[nH]n1. The number of hydrogen-bond acceptors (Lipinski definition) is 2. The van der Waals surface area contributed by atoms with Crippen molar-refractivity contribution in [3.05, 3.63) is 16.4 Å². The zero-order valence-electron chi connectivity index (χ0n) is 4.26. The second-order valence-corrected chi connectivity index (χ2v) is 2.26. The van der Waals surface area contributed by atoms with Crippen LogP contribution in [0.2, 0.25) is 0 Å². The third kappa shape index (κ3) is 1.29. The minimum atomic E-state index is -1.03. The van der Waals surface area contributed by atoms with Gasteiger partial charge < -0.3 is 5.11 Å². The van der Waals surface area contributed by atoms with Crippen LogP contribution in [-0.4, -0.2) is 21.3 Å². The molecule has 1 heterocycles. The van der Waals surface area contributed by atoms with Crippen LogP contribution in [0, 0.1) is 0 Å². The lowest BCUT2D eigenvalue weighted by molar-refractivity contribution is 0.0690. The van der Waals surface area contributed by atoms with Crippen molar-refractivity contribution in [2.24, 2.45) is 0 Å². The number of nitrogens with zero attached hydrogens (tertiary/aromatic N) is 1. The van der Waals surface area contributed by atoms with Gasteiger partial charge in [0, 0.05) is 6.07 Å². The first kappa shape index (κ1) is 6.28. The molecule has 0 atom stereocenters. The summed E-state index contributed by atoms with van der Waals surface area (Å²) in [7, 11) is 0. The normalized spacial score (nSPS) is 9.44. The van der Waals surface area contributed by atoms with Gasteiger partial charge in [-0.3, -0.25) is 5.10 Å². The highest BCUT2D eigenvalue weighted by atomic mass is 79.9. The van der Waals surface area contributed by atoms with E-state index in [2.05, 4.69) is 26.1 Å². The summed E-state index contributed by atoms with van der Waals surface area (Å²) in [6.07, 6.45) is 0. The van der Waals surface area contributed by atoms with Crippen molar-refractivity contribution in [1.82, 2.24) is 10.2 Å². The number of aromatic nitrogens is 2. The Balaban J connectivity index is 2.98. The van der Waals surface area contributed by atoms with E-state index in [-0.39, 0.29) is 5.69 Å². The predicted molar refractivity (Wildman–Crippen MR) is 33.2 cm³/mol. The van der Waals surface area contributed by atoms with Gasteiger partial charge in [-0.2, -0.15) is 5.10 Å². The Labute approximate surface area is 59.0 Å². The zero-order chi connectivity index (χ0) is 6.85. The molecule has 1 aromatic heterocycles. The first-order valence-electron chi connectivity index (χ1n) is 2.14. The molecule has 0 aliphatic carbocycles. The van der Waals surface area contributed by atoms with E-state index in [1.165, 1.54) is 6.07 Å². The maximum Gasteiger partial charge on any atom is 0.356 e. The van der Waals surface area contributed by atoms with Crippen molar-refractivity contribution in [3.63, 3.8) is 0 Å². The fourth-order valence-corrected chi connectivity index (χ4v) is 0.713. The van der Waals surface area contributed by atoms with Crippen LogP contribution in [0.5, 0.6) is 0 Å². The number of nitrogens with one attached hydrogen (secondary N) is 1. The van der Waals surface area contributed by atoms with E-state index < -0.39 is 5.97 Å². The summed E-state index contributed by atoms with van der Waals surface area (Å²) >= 11 is 3.02. The van der Waals surface area contributed by atoms with Crippen molar-refractivity contribution < 1.29 is 9.90 Å². The van der Waals surface area contributed by atoms with Crippen molar-refractivity contribution >= 4 is 21.9 Å². The Morgan fingerprint density at radius 2 is 2.56 bits per heavy atom. The van der Waals surface area contributed by atoms with Gasteiger partial charge in [0.15, 0.2) is 5.69 Å². The maximum atomic E-state index is 10.1. The molecule has 0 saturated carbocycles. The molecule has 2 N–H and O–H groups in total. The lowest BCUT2D eigenvalue weighted by atomic mass is 10.5. The number of aromatic amines is 1. The fraction of sp³-hybridized carbons (Fsp3) is 0. The van der Waals surface area contributed by atoms with E-state index in [9.17, 15) is 4.79 Å². The summed E-state index contributed by atoms with van der Waals surface area (Å²) in [6.45, 7) is 0. The van der Waals surface area contributed by atoms with Crippen LogP contribution in [0.4, 0.5) is 0 Å². The molecule has 1 rings (SSSR count). The van der Waals surface area contributed by atoms with E-state index in [0.29, 0.717) is 4.60 Å². The maximum absolute atomic E-state index is 10.1. The quantitative estimate of drug-likeness (QED) is 0.691. The Morgan fingerprint density at radius 3 is 2.78 bits per heavy atom. The summed E-state index contributed by atoms with van der Waals surface area (Å²) in [6, 6.07) is 1.39. The van der Waals surface area contributed by atoms with Crippen molar-refractivity contribution in [3.8, 4) is 0 Å². The first-order chi connectivity index (χ1) is 4.20. The number of hydrogen-bond donors (Lipinski definition) is 2. The van der Waals surface area contributed by atoms with Crippen LogP contribution >= 0.6 is 15.9 Å². The van der Waals surface area contributed by atoms with Gasteiger partial charge in [-0.25, -0.2) is 4.79 Å². The summed E-state index contributed by atoms with van der Waals surface area (Å²) in [5.74, 6) is -1.03. The molecule has 9 heavy (non-hydrogen) atoms. The molecule has 48 valence electrons. The second kappa shape index (κ2) is 2.18. The molecule has 0 bridgehead atoms. The van der Waals surface area contributed by atoms with Crippen LogP contribution in [0.25, 0.3) is 0 Å². The molecule has 0 radical (unpaired) electrons. The molecule has 0 saturated heterocycles. The number of rotatable bonds is 1. The Hall–Kier alpha value is -0.840. The number of halogens is 1. The van der Waals surface area contributed by atoms with Crippen LogP contribution < -0.4 is 0 Å². The van der Waals surface area contributed by atoms with Crippen LogP contribution in [0.1, 0.15) is 10.5 Å². The average Bonchev–Trinajstić information content (AvgIpc) is 2.14. The molecule has 0 aliphatic rings. The third-order valence-electron chi connectivity index (χ3n) is 0.766. The molecule has 0 aliphatic heterocycles. The van der Waals surface area contributed by atoms with E-state index in [4.69, 9.17) is 5.11 Å².